The fourth-order valence-electron chi connectivity index (χ4n) is 10.5. The number of carbonyl (C=O) groups is 2. The number of aliphatic carboxylic acids is 1. The van der Waals surface area contributed by atoms with Crippen LogP contribution in [0.5, 0.6) is 0 Å². The molecule has 8 unspecified atom stereocenters. The van der Waals surface area contributed by atoms with E-state index in [0.29, 0.717) is 31.0 Å². The fraction of sp³-hybridized carbons (Fsp3) is 0.867. The van der Waals surface area contributed by atoms with Crippen molar-refractivity contribution in [1.29, 1.82) is 0 Å². The highest BCUT2D eigenvalue weighted by atomic mass is 16.4. The molecule has 4 fully saturated rings. The lowest BCUT2D eigenvalue weighted by molar-refractivity contribution is -0.266. The summed E-state index contributed by atoms with van der Waals surface area (Å²) in [6.07, 6.45) is 11.6. The number of Topliss-reactive ketones (excluding diaryl/α,β-unsaturated/α-hetero) is 1. The Morgan fingerprint density at radius 2 is 1.56 bits per heavy atom. The molecule has 0 aliphatic heterocycles. The van der Waals surface area contributed by atoms with Gasteiger partial charge >= 0.3 is 5.97 Å². The second-order valence-electron chi connectivity index (χ2n) is 15.0. The lowest BCUT2D eigenvalue weighted by Crippen LogP contribution is -2.73. The standard InChI is InChI=1S/C30H46O4/c1-24(2)14-16-29(23(32)33)17-15-28(7)27(6)12-8-19-25(3,4)22(31)10-11-26(19,5)20(27)9-13-30(28,34)21(29)18-24/h9,13,19-21,34H,8,10-12,14-18H2,1-7H3,(H,32,33). The van der Waals surface area contributed by atoms with Gasteiger partial charge in [-0.1, -0.05) is 60.6 Å². The minimum Gasteiger partial charge on any atom is -0.481 e. The fourth-order valence-corrected chi connectivity index (χ4v) is 10.5. The molecule has 0 aromatic heterocycles. The first-order valence-electron chi connectivity index (χ1n) is 13.7. The van der Waals surface area contributed by atoms with Gasteiger partial charge in [-0.05, 0) is 79.4 Å². The van der Waals surface area contributed by atoms with Gasteiger partial charge in [0.15, 0.2) is 0 Å². The average molecular weight is 471 g/mol. The summed E-state index contributed by atoms with van der Waals surface area (Å²) in [6.45, 7) is 15.8. The van der Waals surface area contributed by atoms with Gasteiger partial charge in [0.25, 0.3) is 0 Å². The number of rotatable bonds is 1. The van der Waals surface area contributed by atoms with Crippen molar-refractivity contribution in [2.24, 2.45) is 50.2 Å². The molecule has 0 amide bonds. The zero-order chi connectivity index (χ0) is 25.2. The normalized spacial score (nSPS) is 53.2. The molecule has 0 radical (unpaired) electrons. The van der Waals surface area contributed by atoms with E-state index in [2.05, 4.69) is 60.6 Å². The van der Waals surface area contributed by atoms with Crippen molar-refractivity contribution in [3.8, 4) is 0 Å². The summed E-state index contributed by atoms with van der Waals surface area (Å²) in [5, 5.41) is 23.2. The number of allylic oxidation sites excluding steroid dienone is 1. The number of ketones is 1. The molecule has 2 N–H and O–H groups in total. The molecule has 0 saturated heterocycles. The van der Waals surface area contributed by atoms with Crippen LogP contribution >= 0.6 is 0 Å². The summed E-state index contributed by atoms with van der Waals surface area (Å²) in [6, 6.07) is 0. The summed E-state index contributed by atoms with van der Waals surface area (Å²) in [7, 11) is 0. The van der Waals surface area contributed by atoms with E-state index in [1.54, 1.807) is 0 Å². The quantitative estimate of drug-likeness (QED) is 0.434. The van der Waals surface area contributed by atoms with Crippen LogP contribution in [0, 0.1) is 50.2 Å². The number of aliphatic hydroxyl groups is 1. The number of hydrogen-bond acceptors (Lipinski definition) is 3. The minimum absolute atomic E-state index is 0.0123. The molecular formula is C30H46O4. The Bertz CT molecular complexity index is 963. The first kappa shape index (κ1) is 24.5. The third-order valence-corrected chi connectivity index (χ3v) is 13.0. The lowest BCUT2D eigenvalue weighted by atomic mass is 9.31. The van der Waals surface area contributed by atoms with E-state index in [9.17, 15) is 19.8 Å². The van der Waals surface area contributed by atoms with E-state index >= 15 is 0 Å². The summed E-state index contributed by atoms with van der Waals surface area (Å²) in [5.74, 6) is 0.0325. The summed E-state index contributed by atoms with van der Waals surface area (Å²) >= 11 is 0. The summed E-state index contributed by atoms with van der Waals surface area (Å²) < 4.78 is 0. The van der Waals surface area contributed by atoms with Crippen LogP contribution in [0.25, 0.3) is 0 Å². The molecule has 4 heteroatoms. The first-order chi connectivity index (χ1) is 15.5. The van der Waals surface area contributed by atoms with Crippen molar-refractivity contribution in [1.82, 2.24) is 0 Å². The molecule has 5 rings (SSSR count). The smallest absolute Gasteiger partial charge is 0.310 e. The Morgan fingerprint density at radius 3 is 2.21 bits per heavy atom. The minimum atomic E-state index is -1.13. The zero-order valence-electron chi connectivity index (χ0n) is 22.5. The highest BCUT2D eigenvalue weighted by molar-refractivity contribution is 5.85. The van der Waals surface area contributed by atoms with Crippen LogP contribution in [-0.2, 0) is 9.59 Å². The SMILES string of the molecule is CC1(C)CCC2(C(=O)O)CCC3(C)C(O)(C=CC4C5(C)CCC(=O)C(C)(C)C5CCC43C)C2C1. The van der Waals surface area contributed by atoms with E-state index in [0.717, 1.165) is 38.5 Å². The second kappa shape index (κ2) is 6.78. The predicted octanol–water partition coefficient (Wildman–Crippen LogP) is 6.41. The van der Waals surface area contributed by atoms with Gasteiger partial charge in [0.1, 0.15) is 5.78 Å². The molecule has 0 heterocycles. The predicted molar refractivity (Wildman–Crippen MR) is 133 cm³/mol. The van der Waals surface area contributed by atoms with Gasteiger partial charge in [-0.2, -0.15) is 0 Å². The van der Waals surface area contributed by atoms with Gasteiger partial charge in [0.05, 0.1) is 11.0 Å². The van der Waals surface area contributed by atoms with Crippen molar-refractivity contribution in [3.63, 3.8) is 0 Å². The van der Waals surface area contributed by atoms with Gasteiger partial charge in [0, 0.05) is 23.2 Å². The topological polar surface area (TPSA) is 74.6 Å². The first-order valence-corrected chi connectivity index (χ1v) is 13.7. The average Bonchev–Trinajstić information content (AvgIpc) is 2.73. The lowest BCUT2D eigenvalue weighted by Gasteiger charge is -2.73. The molecular weight excluding hydrogens is 424 g/mol. The van der Waals surface area contributed by atoms with E-state index in [4.69, 9.17) is 0 Å². The highest BCUT2D eigenvalue weighted by Gasteiger charge is 2.74. The Balaban J connectivity index is 1.65. The van der Waals surface area contributed by atoms with Crippen LogP contribution in [0.1, 0.15) is 106 Å². The number of carboxylic acid groups (broad SMARTS) is 1. The van der Waals surface area contributed by atoms with Crippen molar-refractivity contribution in [2.75, 3.05) is 0 Å². The molecule has 0 bridgehead atoms. The van der Waals surface area contributed by atoms with Crippen LogP contribution in [0.15, 0.2) is 12.2 Å². The van der Waals surface area contributed by atoms with Crippen LogP contribution in [0.2, 0.25) is 0 Å². The van der Waals surface area contributed by atoms with E-state index in [1.807, 2.05) is 0 Å². The van der Waals surface area contributed by atoms with Crippen molar-refractivity contribution < 1.29 is 19.8 Å². The summed E-state index contributed by atoms with van der Waals surface area (Å²) in [4.78, 5) is 25.7. The Morgan fingerprint density at radius 1 is 0.912 bits per heavy atom. The largest absolute Gasteiger partial charge is 0.481 e. The molecule has 190 valence electrons. The van der Waals surface area contributed by atoms with Crippen molar-refractivity contribution in [3.05, 3.63) is 12.2 Å². The van der Waals surface area contributed by atoms with Crippen LogP contribution in [0.3, 0.4) is 0 Å². The van der Waals surface area contributed by atoms with Gasteiger partial charge in [0.2, 0.25) is 0 Å². The second-order valence-corrected chi connectivity index (χ2v) is 15.0. The van der Waals surface area contributed by atoms with Crippen LogP contribution < -0.4 is 0 Å². The molecule has 0 aromatic carbocycles. The Kier molecular flexibility index (Phi) is 4.89. The summed E-state index contributed by atoms with van der Waals surface area (Å²) in [5.41, 5.74) is -2.76. The number of hydrogen-bond donors (Lipinski definition) is 2. The number of fused-ring (bicyclic) bond motifs is 7. The van der Waals surface area contributed by atoms with Crippen LogP contribution in [-0.4, -0.2) is 27.6 Å². The van der Waals surface area contributed by atoms with Crippen molar-refractivity contribution >= 4 is 11.8 Å². The van der Waals surface area contributed by atoms with Crippen molar-refractivity contribution in [2.45, 2.75) is 112 Å². The third-order valence-electron chi connectivity index (χ3n) is 13.0. The van der Waals surface area contributed by atoms with E-state index < -0.39 is 22.4 Å². The maximum absolute atomic E-state index is 12.9. The third kappa shape index (κ3) is 2.65. The van der Waals surface area contributed by atoms with Gasteiger partial charge < -0.3 is 10.2 Å². The maximum Gasteiger partial charge on any atom is 0.310 e. The highest BCUT2D eigenvalue weighted by Crippen LogP contribution is 2.76. The van der Waals surface area contributed by atoms with Gasteiger partial charge in [-0.25, -0.2) is 0 Å². The maximum atomic E-state index is 12.9. The zero-order valence-corrected chi connectivity index (χ0v) is 22.5. The van der Waals surface area contributed by atoms with Crippen LogP contribution in [0.4, 0.5) is 0 Å². The monoisotopic (exact) mass is 470 g/mol. The molecule has 5 aliphatic carbocycles. The Hall–Kier alpha value is -1.16. The van der Waals surface area contributed by atoms with Gasteiger partial charge in [-0.3, -0.25) is 9.59 Å². The molecule has 4 saturated carbocycles. The number of carboxylic acids is 1. The molecule has 0 aromatic rings. The number of carbonyl (C=O) groups excluding carboxylic acids is 1. The molecule has 4 nitrogen and oxygen atoms in total. The van der Waals surface area contributed by atoms with Gasteiger partial charge in [-0.15, -0.1) is 0 Å². The molecule has 8 atom stereocenters. The molecule has 0 spiro atoms. The molecule has 5 aliphatic rings. The van der Waals surface area contributed by atoms with E-state index in [-0.39, 0.29) is 33.5 Å². The Labute approximate surface area is 206 Å². The molecule has 34 heavy (non-hydrogen) atoms. The van der Waals surface area contributed by atoms with E-state index in [1.165, 1.54) is 0 Å².